The predicted octanol–water partition coefficient (Wildman–Crippen LogP) is 2.12. The summed E-state index contributed by atoms with van der Waals surface area (Å²) in [6, 6.07) is 5.40. The quantitative estimate of drug-likeness (QED) is 0.868. The lowest BCUT2D eigenvalue weighted by Gasteiger charge is -2.18. The molecule has 3 rings (SSSR count). The summed E-state index contributed by atoms with van der Waals surface area (Å²) >= 11 is 0. The van der Waals surface area contributed by atoms with Gasteiger partial charge in [-0.1, -0.05) is 18.9 Å². The third-order valence-corrected chi connectivity index (χ3v) is 5.33. The number of benzene rings is 1. The molecule has 4 nitrogen and oxygen atoms in total. The number of hydrogen-bond donors (Lipinski definition) is 2. The van der Waals surface area contributed by atoms with Crippen molar-refractivity contribution in [3.63, 3.8) is 0 Å². The van der Waals surface area contributed by atoms with Gasteiger partial charge in [-0.3, -0.25) is 0 Å². The molecule has 104 valence electrons. The number of aryl methyl sites for hydroxylation is 1. The Hall–Kier alpha value is -1.07. The molecule has 19 heavy (non-hydrogen) atoms. The molecule has 1 aromatic rings. The average Bonchev–Trinajstić information content (AvgIpc) is 3.22. The van der Waals surface area contributed by atoms with E-state index in [4.69, 9.17) is 0 Å². The fourth-order valence-corrected chi connectivity index (χ4v) is 3.57. The minimum Gasteiger partial charge on any atom is -0.385 e. The van der Waals surface area contributed by atoms with Crippen LogP contribution in [0.4, 0.5) is 5.69 Å². The van der Waals surface area contributed by atoms with E-state index in [2.05, 4.69) is 10.0 Å². The smallest absolute Gasteiger partial charge is 0.240 e. The van der Waals surface area contributed by atoms with Crippen LogP contribution in [0.25, 0.3) is 0 Å². The van der Waals surface area contributed by atoms with E-state index in [1.54, 1.807) is 12.1 Å². The number of fused-ring (bicyclic) bond motifs is 1. The number of anilines is 1. The predicted molar refractivity (Wildman–Crippen MR) is 75.8 cm³/mol. The zero-order valence-electron chi connectivity index (χ0n) is 11.0. The average molecular weight is 280 g/mol. The van der Waals surface area contributed by atoms with Crippen molar-refractivity contribution in [3.8, 4) is 0 Å². The largest absolute Gasteiger partial charge is 0.385 e. The van der Waals surface area contributed by atoms with Gasteiger partial charge in [0.2, 0.25) is 10.0 Å². The fourth-order valence-electron chi connectivity index (χ4n) is 2.49. The molecule has 1 saturated carbocycles. The molecular formula is C14H20N2O2S. The van der Waals surface area contributed by atoms with E-state index < -0.39 is 10.0 Å². The zero-order chi connectivity index (χ0) is 13.3. The first-order valence-electron chi connectivity index (χ1n) is 7.02. The summed E-state index contributed by atoms with van der Waals surface area (Å²) in [4.78, 5) is 0.372. The van der Waals surface area contributed by atoms with E-state index in [9.17, 15) is 8.42 Å². The molecule has 0 spiro atoms. The molecule has 0 aromatic heterocycles. The van der Waals surface area contributed by atoms with E-state index >= 15 is 0 Å². The van der Waals surface area contributed by atoms with Gasteiger partial charge in [0.25, 0.3) is 0 Å². The molecular weight excluding hydrogens is 260 g/mol. The first kappa shape index (κ1) is 12.9. The molecule has 0 saturated heterocycles. The van der Waals surface area contributed by atoms with Crippen LogP contribution in [-0.4, -0.2) is 21.5 Å². The van der Waals surface area contributed by atoms with Crippen LogP contribution in [0, 0.1) is 5.92 Å². The third kappa shape index (κ3) is 3.09. The Kier molecular flexibility index (Phi) is 3.50. The van der Waals surface area contributed by atoms with E-state index in [1.807, 2.05) is 6.07 Å². The van der Waals surface area contributed by atoms with Gasteiger partial charge < -0.3 is 5.32 Å². The molecule has 2 aliphatic rings. The van der Waals surface area contributed by atoms with E-state index in [-0.39, 0.29) is 0 Å². The van der Waals surface area contributed by atoms with Crippen LogP contribution in [-0.2, 0) is 16.4 Å². The molecule has 0 atom stereocenters. The highest BCUT2D eigenvalue weighted by Crippen LogP contribution is 2.32. The lowest BCUT2D eigenvalue weighted by molar-refractivity contribution is 0.575. The molecule has 0 bridgehead atoms. The maximum Gasteiger partial charge on any atom is 0.240 e. The van der Waals surface area contributed by atoms with Crippen molar-refractivity contribution < 1.29 is 8.42 Å². The SMILES string of the molecule is O=S(=O)(NCCC1CC1)c1ccc2c(c1)NCCC2. The Balaban J connectivity index is 1.72. The molecule has 1 aromatic carbocycles. The minimum absolute atomic E-state index is 0.372. The van der Waals surface area contributed by atoms with Gasteiger partial charge in [-0.15, -0.1) is 0 Å². The van der Waals surface area contributed by atoms with E-state index in [0.717, 1.165) is 37.4 Å². The highest BCUT2D eigenvalue weighted by molar-refractivity contribution is 7.89. The van der Waals surface area contributed by atoms with Gasteiger partial charge in [0.1, 0.15) is 0 Å². The Bertz CT molecular complexity index is 565. The first-order chi connectivity index (χ1) is 9.15. The summed E-state index contributed by atoms with van der Waals surface area (Å²) in [7, 11) is -3.35. The Morgan fingerprint density at radius 1 is 1.32 bits per heavy atom. The van der Waals surface area contributed by atoms with Crippen molar-refractivity contribution in [2.45, 2.75) is 37.0 Å². The molecule has 5 heteroatoms. The summed E-state index contributed by atoms with van der Waals surface area (Å²) in [6.07, 6.45) is 5.61. The Labute approximate surface area is 114 Å². The monoisotopic (exact) mass is 280 g/mol. The maximum absolute atomic E-state index is 12.2. The Morgan fingerprint density at radius 3 is 2.95 bits per heavy atom. The van der Waals surface area contributed by atoms with E-state index in [0.29, 0.717) is 11.4 Å². The normalized spacial score (nSPS) is 18.7. The van der Waals surface area contributed by atoms with Crippen LogP contribution in [0.3, 0.4) is 0 Å². The molecule has 1 fully saturated rings. The van der Waals surface area contributed by atoms with Gasteiger partial charge in [0, 0.05) is 18.8 Å². The number of hydrogen-bond acceptors (Lipinski definition) is 3. The van der Waals surface area contributed by atoms with Gasteiger partial charge in [0.05, 0.1) is 4.90 Å². The Morgan fingerprint density at radius 2 is 2.16 bits per heavy atom. The van der Waals surface area contributed by atoms with Crippen molar-refractivity contribution >= 4 is 15.7 Å². The standard InChI is InChI=1S/C14H20N2O2S/c17-19(18,16-9-7-11-3-4-11)13-6-5-12-2-1-8-15-14(12)10-13/h5-6,10-11,15-16H,1-4,7-9H2. The van der Waals surface area contributed by atoms with Crippen LogP contribution in [0.2, 0.25) is 0 Å². The number of sulfonamides is 1. The highest BCUT2D eigenvalue weighted by atomic mass is 32.2. The van der Waals surface area contributed by atoms with Crippen LogP contribution >= 0.6 is 0 Å². The zero-order valence-corrected chi connectivity index (χ0v) is 11.8. The first-order valence-corrected chi connectivity index (χ1v) is 8.50. The summed E-state index contributed by atoms with van der Waals surface area (Å²) in [6.45, 7) is 1.48. The minimum atomic E-state index is -3.35. The summed E-state index contributed by atoms with van der Waals surface area (Å²) in [5.41, 5.74) is 2.18. The molecule has 1 aliphatic heterocycles. The third-order valence-electron chi connectivity index (χ3n) is 3.87. The van der Waals surface area contributed by atoms with Crippen LogP contribution in [0.5, 0.6) is 0 Å². The number of nitrogens with one attached hydrogen (secondary N) is 2. The van der Waals surface area contributed by atoms with Crippen LogP contribution in [0.15, 0.2) is 23.1 Å². The second kappa shape index (κ2) is 5.13. The van der Waals surface area contributed by atoms with Crippen molar-refractivity contribution in [3.05, 3.63) is 23.8 Å². The van der Waals surface area contributed by atoms with Crippen LogP contribution in [0.1, 0.15) is 31.2 Å². The van der Waals surface area contributed by atoms with Crippen molar-refractivity contribution in [1.82, 2.24) is 4.72 Å². The van der Waals surface area contributed by atoms with Gasteiger partial charge >= 0.3 is 0 Å². The maximum atomic E-state index is 12.2. The second-order valence-electron chi connectivity index (χ2n) is 5.48. The molecule has 0 amide bonds. The van der Waals surface area contributed by atoms with Crippen molar-refractivity contribution in [2.24, 2.45) is 5.92 Å². The van der Waals surface area contributed by atoms with E-state index in [1.165, 1.54) is 18.4 Å². The van der Waals surface area contributed by atoms with Gasteiger partial charge in [-0.25, -0.2) is 13.1 Å². The summed E-state index contributed by atoms with van der Waals surface area (Å²) in [5, 5.41) is 3.27. The topological polar surface area (TPSA) is 58.2 Å². The molecule has 1 aliphatic carbocycles. The lowest BCUT2D eigenvalue weighted by atomic mass is 10.0. The van der Waals surface area contributed by atoms with Gasteiger partial charge in [-0.05, 0) is 42.9 Å². The number of rotatable bonds is 5. The molecule has 2 N–H and O–H groups in total. The van der Waals surface area contributed by atoms with Gasteiger partial charge in [-0.2, -0.15) is 0 Å². The molecule has 0 radical (unpaired) electrons. The molecule has 1 heterocycles. The van der Waals surface area contributed by atoms with Crippen molar-refractivity contribution in [2.75, 3.05) is 18.4 Å². The second-order valence-corrected chi connectivity index (χ2v) is 7.25. The van der Waals surface area contributed by atoms with Crippen LogP contribution < -0.4 is 10.0 Å². The summed E-state index contributed by atoms with van der Waals surface area (Å²) in [5.74, 6) is 0.743. The highest BCUT2D eigenvalue weighted by Gasteiger charge is 2.22. The lowest BCUT2D eigenvalue weighted by Crippen LogP contribution is -2.25. The fraction of sp³-hybridized carbons (Fsp3) is 0.571. The van der Waals surface area contributed by atoms with Crippen molar-refractivity contribution in [1.29, 1.82) is 0 Å². The molecule has 0 unspecified atom stereocenters. The summed E-state index contributed by atoms with van der Waals surface area (Å²) < 4.78 is 27.1. The van der Waals surface area contributed by atoms with Gasteiger partial charge in [0.15, 0.2) is 0 Å².